The third-order valence-corrected chi connectivity index (χ3v) is 2.65. The van der Waals surface area contributed by atoms with Gasteiger partial charge < -0.3 is 5.32 Å². The van der Waals surface area contributed by atoms with Crippen molar-refractivity contribution in [2.24, 2.45) is 0 Å². The maximum Gasteiger partial charge on any atom is 0.244 e. The Balaban J connectivity index is 1.90. The summed E-state index contributed by atoms with van der Waals surface area (Å²) in [5.74, 6) is -0.0962. The lowest BCUT2D eigenvalue weighted by Crippen LogP contribution is -2.30. The fourth-order valence-electron chi connectivity index (χ4n) is 1.48. The molecule has 0 bridgehead atoms. The third kappa shape index (κ3) is 2.91. The van der Waals surface area contributed by atoms with Crippen molar-refractivity contribution in [1.29, 1.82) is 0 Å². The van der Waals surface area contributed by atoms with Crippen LogP contribution in [0.25, 0.3) is 0 Å². The number of nitrogens with one attached hydrogen (secondary N) is 1. The zero-order valence-corrected chi connectivity index (χ0v) is 10.4. The molecule has 1 N–H and O–H groups in total. The van der Waals surface area contributed by atoms with Crippen LogP contribution in [0.2, 0.25) is 0 Å². The fourth-order valence-corrected chi connectivity index (χ4v) is 1.48. The summed E-state index contributed by atoms with van der Waals surface area (Å²) < 4.78 is 1.52. The molecule has 2 heterocycles. The highest BCUT2D eigenvalue weighted by atomic mass is 16.2. The Kier molecular flexibility index (Phi) is 3.66. The van der Waals surface area contributed by atoms with Crippen molar-refractivity contribution >= 4 is 5.91 Å². The predicted molar refractivity (Wildman–Crippen MR) is 65.6 cm³/mol. The number of carbonyl (C=O) groups is 1. The Hall–Kier alpha value is -2.24. The molecule has 0 aliphatic carbocycles. The van der Waals surface area contributed by atoms with Gasteiger partial charge in [0.15, 0.2) is 0 Å². The molecule has 0 spiro atoms. The number of pyridine rings is 1. The Morgan fingerprint density at radius 3 is 2.94 bits per heavy atom. The summed E-state index contributed by atoms with van der Waals surface area (Å²) in [7, 11) is 0. The van der Waals surface area contributed by atoms with Crippen molar-refractivity contribution < 1.29 is 4.79 Å². The van der Waals surface area contributed by atoms with E-state index in [-0.39, 0.29) is 11.9 Å². The molecular weight excluding hydrogens is 230 g/mol. The Morgan fingerprint density at radius 2 is 2.33 bits per heavy atom. The standard InChI is InChI=1S/C12H15N5O/c1-9-3-4-11(5-14-9)6-15-12(18)10(2)17-8-13-7-16-17/h3-5,7-8,10H,6H2,1-2H3,(H,15,18)/t10-/m0/s1. The summed E-state index contributed by atoms with van der Waals surface area (Å²) in [4.78, 5) is 19.9. The highest BCUT2D eigenvalue weighted by molar-refractivity contribution is 5.79. The lowest BCUT2D eigenvalue weighted by molar-refractivity contribution is -0.124. The molecule has 0 radical (unpaired) electrons. The third-order valence-electron chi connectivity index (χ3n) is 2.65. The Bertz CT molecular complexity index is 506. The summed E-state index contributed by atoms with van der Waals surface area (Å²) in [6.07, 6.45) is 4.70. The smallest absolute Gasteiger partial charge is 0.244 e. The van der Waals surface area contributed by atoms with Gasteiger partial charge in [-0.15, -0.1) is 0 Å². The number of aryl methyl sites for hydroxylation is 1. The van der Waals surface area contributed by atoms with Gasteiger partial charge in [-0.2, -0.15) is 5.10 Å². The van der Waals surface area contributed by atoms with Crippen LogP contribution in [-0.2, 0) is 11.3 Å². The van der Waals surface area contributed by atoms with E-state index >= 15 is 0 Å². The van der Waals surface area contributed by atoms with E-state index in [4.69, 9.17) is 0 Å². The topological polar surface area (TPSA) is 72.7 Å². The van der Waals surface area contributed by atoms with E-state index in [1.54, 1.807) is 13.1 Å². The van der Waals surface area contributed by atoms with Crippen LogP contribution >= 0.6 is 0 Å². The first-order valence-corrected chi connectivity index (χ1v) is 5.70. The molecule has 1 amide bonds. The first-order valence-electron chi connectivity index (χ1n) is 5.70. The second-order valence-corrected chi connectivity index (χ2v) is 4.08. The maximum absolute atomic E-state index is 11.9. The number of aromatic nitrogens is 4. The molecule has 94 valence electrons. The fraction of sp³-hybridized carbons (Fsp3) is 0.333. The van der Waals surface area contributed by atoms with E-state index in [1.165, 1.54) is 17.3 Å². The van der Waals surface area contributed by atoms with E-state index in [1.807, 2.05) is 19.1 Å². The van der Waals surface area contributed by atoms with E-state index in [9.17, 15) is 4.79 Å². The van der Waals surface area contributed by atoms with E-state index in [2.05, 4.69) is 20.4 Å². The van der Waals surface area contributed by atoms with Gasteiger partial charge in [0, 0.05) is 18.4 Å². The summed E-state index contributed by atoms with van der Waals surface area (Å²) in [6, 6.07) is 3.50. The van der Waals surface area contributed by atoms with Gasteiger partial charge in [-0.1, -0.05) is 6.07 Å². The minimum atomic E-state index is -0.370. The Morgan fingerprint density at radius 1 is 1.50 bits per heavy atom. The zero-order chi connectivity index (χ0) is 13.0. The molecular formula is C12H15N5O. The van der Waals surface area contributed by atoms with Crippen LogP contribution < -0.4 is 5.32 Å². The number of rotatable bonds is 4. The highest BCUT2D eigenvalue weighted by Gasteiger charge is 2.14. The monoisotopic (exact) mass is 245 g/mol. The molecule has 0 aliphatic rings. The minimum absolute atomic E-state index is 0.0962. The predicted octanol–water partition coefficient (Wildman–Crippen LogP) is 0.859. The van der Waals surface area contributed by atoms with Crippen molar-refractivity contribution in [1.82, 2.24) is 25.1 Å². The summed E-state index contributed by atoms with van der Waals surface area (Å²) in [6.45, 7) is 4.16. The van der Waals surface area contributed by atoms with Crippen molar-refractivity contribution in [2.45, 2.75) is 26.4 Å². The van der Waals surface area contributed by atoms with Gasteiger partial charge in [0.1, 0.15) is 18.7 Å². The molecule has 2 rings (SSSR count). The SMILES string of the molecule is Cc1ccc(CNC(=O)[C@H](C)n2cncn2)cn1. The molecule has 0 saturated carbocycles. The normalized spacial score (nSPS) is 12.1. The van der Waals surface area contributed by atoms with Crippen LogP contribution in [0.1, 0.15) is 24.2 Å². The average Bonchev–Trinajstić information content (AvgIpc) is 2.90. The molecule has 0 unspecified atom stereocenters. The second-order valence-electron chi connectivity index (χ2n) is 4.08. The molecule has 0 aromatic carbocycles. The highest BCUT2D eigenvalue weighted by Crippen LogP contribution is 2.03. The van der Waals surface area contributed by atoms with E-state index in [0.29, 0.717) is 6.54 Å². The first-order chi connectivity index (χ1) is 8.66. The van der Waals surface area contributed by atoms with Gasteiger partial charge in [0.05, 0.1) is 0 Å². The summed E-state index contributed by atoms with van der Waals surface area (Å²) in [5, 5.41) is 6.78. The second kappa shape index (κ2) is 5.39. The zero-order valence-electron chi connectivity index (χ0n) is 10.4. The molecule has 6 nitrogen and oxygen atoms in total. The van der Waals surface area contributed by atoms with E-state index in [0.717, 1.165) is 11.3 Å². The van der Waals surface area contributed by atoms with Crippen LogP contribution in [0.3, 0.4) is 0 Å². The number of nitrogens with zero attached hydrogens (tertiary/aromatic N) is 4. The molecule has 2 aromatic heterocycles. The first kappa shape index (κ1) is 12.2. The van der Waals surface area contributed by atoms with Crippen molar-refractivity contribution in [3.05, 3.63) is 42.2 Å². The van der Waals surface area contributed by atoms with Gasteiger partial charge in [0.2, 0.25) is 5.91 Å². The number of hydrogen-bond acceptors (Lipinski definition) is 4. The molecule has 1 atom stereocenters. The van der Waals surface area contributed by atoms with Crippen LogP contribution in [0.4, 0.5) is 0 Å². The quantitative estimate of drug-likeness (QED) is 0.867. The van der Waals surface area contributed by atoms with Crippen LogP contribution in [-0.4, -0.2) is 25.7 Å². The molecule has 0 fully saturated rings. The summed E-state index contributed by atoms with van der Waals surface area (Å²) in [5.41, 5.74) is 1.93. The van der Waals surface area contributed by atoms with Gasteiger partial charge in [-0.25, -0.2) is 9.67 Å². The van der Waals surface area contributed by atoms with Crippen molar-refractivity contribution in [3.8, 4) is 0 Å². The average molecular weight is 245 g/mol. The molecule has 18 heavy (non-hydrogen) atoms. The largest absolute Gasteiger partial charge is 0.350 e. The lowest BCUT2D eigenvalue weighted by atomic mass is 10.2. The van der Waals surface area contributed by atoms with Crippen molar-refractivity contribution in [2.75, 3.05) is 0 Å². The van der Waals surface area contributed by atoms with E-state index < -0.39 is 0 Å². The van der Waals surface area contributed by atoms with Gasteiger partial charge in [-0.3, -0.25) is 9.78 Å². The minimum Gasteiger partial charge on any atom is -0.350 e. The van der Waals surface area contributed by atoms with Crippen molar-refractivity contribution in [3.63, 3.8) is 0 Å². The molecule has 6 heteroatoms. The van der Waals surface area contributed by atoms with Gasteiger partial charge in [0.25, 0.3) is 0 Å². The molecule has 0 saturated heterocycles. The molecule has 0 aliphatic heterocycles. The van der Waals surface area contributed by atoms with Crippen LogP contribution in [0.15, 0.2) is 31.0 Å². The maximum atomic E-state index is 11.9. The van der Waals surface area contributed by atoms with Crippen LogP contribution in [0.5, 0.6) is 0 Å². The van der Waals surface area contributed by atoms with Gasteiger partial charge >= 0.3 is 0 Å². The number of hydrogen-bond donors (Lipinski definition) is 1. The number of amides is 1. The lowest BCUT2D eigenvalue weighted by Gasteiger charge is -2.11. The summed E-state index contributed by atoms with van der Waals surface area (Å²) >= 11 is 0. The number of carbonyl (C=O) groups excluding carboxylic acids is 1. The van der Waals surface area contributed by atoms with Gasteiger partial charge in [-0.05, 0) is 25.5 Å². The Labute approximate surface area is 105 Å². The van der Waals surface area contributed by atoms with Crippen LogP contribution in [0, 0.1) is 6.92 Å². The molecule has 2 aromatic rings.